The van der Waals surface area contributed by atoms with Crippen LogP contribution in [0.2, 0.25) is 0 Å². The second-order valence-corrected chi connectivity index (χ2v) is 3.08. The lowest BCUT2D eigenvalue weighted by Crippen LogP contribution is -1.93. The van der Waals surface area contributed by atoms with Crippen LogP contribution < -0.4 is 4.74 Å². The van der Waals surface area contributed by atoms with Crippen molar-refractivity contribution in [2.45, 2.75) is 6.92 Å². The van der Waals surface area contributed by atoms with Crippen LogP contribution in [0.3, 0.4) is 0 Å². The molecule has 0 amide bonds. The van der Waals surface area contributed by atoms with Gasteiger partial charge in [-0.1, -0.05) is 6.07 Å². The maximum Gasteiger partial charge on any atom is 0.330 e. The second-order valence-electron chi connectivity index (χ2n) is 3.08. The van der Waals surface area contributed by atoms with Crippen LogP contribution in [0.4, 0.5) is 0 Å². The zero-order chi connectivity index (χ0) is 11.3. The highest BCUT2D eigenvalue weighted by Gasteiger charge is 1.98. The van der Waals surface area contributed by atoms with Crippen molar-refractivity contribution in [1.82, 2.24) is 0 Å². The third-order valence-corrected chi connectivity index (χ3v) is 2.08. The quantitative estimate of drug-likeness (QED) is 0.561. The van der Waals surface area contributed by atoms with E-state index in [-0.39, 0.29) is 5.97 Å². The predicted molar refractivity (Wildman–Crippen MR) is 58.8 cm³/mol. The van der Waals surface area contributed by atoms with E-state index >= 15 is 0 Å². The molecule has 0 saturated heterocycles. The summed E-state index contributed by atoms with van der Waals surface area (Å²) in [6, 6.07) is 5.66. The second kappa shape index (κ2) is 5.20. The molecule has 0 aromatic heterocycles. The molecule has 1 rings (SSSR count). The zero-order valence-corrected chi connectivity index (χ0v) is 9.11. The van der Waals surface area contributed by atoms with Gasteiger partial charge in [0.2, 0.25) is 0 Å². The smallest absolute Gasteiger partial charge is 0.330 e. The molecule has 0 fully saturated rings. The van der Waals surface area contributed by atoms with Gasteiger partial charge in [-0.25, -0.2) is 4.79 Å². The van der Waals surface area contributed by atoms with Crippen LogP contribution in [0.25, 0.3) is 6.08 Å². The Kier molecular flexibility index (Phi) is 3.92. The Balaban J connectivity index is 2.87. The number of hydrogen-bond donors (Lipinski definition) is 0. The number of rotatable bonds is 3. The van der Waals surface area contributed by atoms with Gasteiger partial charge in [-0.15, -0.1) is 0 Å². The molecule has 3 heteroatoms. The maximum atomic E-state index is 10.9. The first-order chi connectivity index (χ1) is 7.17. The fraction of sp³-hybridized carbons (Fsp3) is 0.250. The highest BCUT2D eigenvalue weighted by molar-refractivity contribution is 5.87. The molecule has 3 nitrogen and oxygen atoms in total. The lowest BCUT2D eigenvalue weighted by molar-refractivity contribution is -0.134. The number of hydrogen-bond acceptors (Lipinski definition) is 3. The van der Waals surface area contributed by atoms with Crippen LogP contribution >= 0.6 is 0 Å². The van der Waals surface area contributed by atoms with E-state index < -0.39 is 0 Å². The van der Waals surface area contributed by atoms with Gasteiger partial charge in [0.1, 0.15) is 5.75 Å². The molecule has 15 heavy (non-hydrogen) atoms. The van der Waals surface area contributed by atoms with Crippen LogP contribution in [0.15, 0.2) is 24.3 Å². The van der Waals surface area contributed by atoms with Gasteiger partial charge in [0.15, 0.2) is 0 Å². The van der Waals surface area contributed by atoms with Gasteiger partial charge in [-0.05, 0) is 36.3 Å². The number of benzene rings is 1. The van der Waals surface area contributed by atoms with Crippen molar-refractivity contribution in [3.63, 3.8) is 0 Å². The number of methoxy groups -OCH3 is 2. The van der Waals surface area contributed by atoms with Gasteiger partial charge in [-0.2, -0.15) is 0 Å². The average Bonchev–Trinajstić information content (AvgIpc) is 2.26. The van der Waals surface area contributed by atoms with Gasteiger partial charge in [-0.3, -0.25) is 0 Å². The third kappa shape index (κ3) is 3.13. The molecule has 0 unspecified atom stereocenters. The van der Waals surface area contributed by atoms with E-state index in [9.17, 15) is 4.79 Å². The van der Waals surface area contributed by atoms with Crippen molar-refractivity contribution < 1.29 is 14.3 Å². The fourth-order valence-corrected chi connectivity index (χ4v) is 1.19. The van der Waals surface area contributed by atoms with Crippen molar-refractivity contribution >= 4 is 12.0 Å². The topological polar surface area (TPSA) is 35.5 Å². The Morgan fingerprint density at radius 1 is 1.33 bits per heavy atom. The molecule has 0 atom stereocenters. The van der Waals surface area contributed by atoms with Crippen LogP contribution in [-0.2, 0) is 9.53 Å². The Bertz CT molecular complexity index is 380. The van der Waals surface area contributed by atoms with E-state index in [1.807, 2.05) is 25.1 Å². The first-order valence-electron chi connectivity index (χ1n) is 4.58. The largest absolute Gasteiger partial charge is 0.497 e. The summed E-state index contributed by atoms with van der Waals surface area (Å²) in [5.74, 6) is 0.452. The van der Waals surface area contributed by atoms with Crippen molar-refractivity contribution in [2.24, 2.45) is 0 Å². The highest BCUT2D eigenvalue weighted by Crippen LogP contribution is 2.17. The molecule has 1 aromatic carbocycles. The van der Waals surface area contributed by atoms with Crippen molar-refractivity contribution in [2.75, 3.05) is 14.2 Å². The molecular weight excluding hydrogens is 192 g/mol. The SMILES string of the molecule is COC(=O)C=Cc1ccc(OC)cc1C. The van der Waals surface area contributed by atoms with Crippen LogP contribution in [0, 0.1) is 6.92 Å². The van der Waals surface area contributed by atoms with Gasteiger partial charge < -0.3 is 9.47 Å². The van der Waals surface area contributed by atoms with Crippen molar-refractivity contribution in [1.29, 1.82) is 0 Å². The molecule has 0 saturated carbocycles. The maximum absolute atomic E-state index is 10.9. The number of ether oxygens (including phenoxy) is 2. The highest BCUT2D eigenvalue weighted by atomic mass is 16.5. The minimum atomic E-state index is -0.356. The van der Waals surface area contributed by atoms with Gasteiger partial charge in [0.05, 0.1) is 14.2 Å². The Morgan fingerprint density at radius 3 is 2.60 bits per heavy atom. The Morgan fingerprint density at radius 2 is 2.07 bits per heavy atom. The number of carbonyl (C=O) groups excluding carboxylic acids is 1. The molecule has 0 bridgehead atoms. The molecule has 80 valence electrons. The van der Waals surface area contributed by atoms with Gasteiger partial charge in [0.25, 0.3) is 0 Å². The monoisotopic (exact) mass is 206 g/mol. The van der Waals surface area contributed by atoms with E-state index in [0.29, 0.717) is 0 Å². The van der Waals surface area contributed by atoms with Crippen molar-refractivity contribution in [3.05, 3.63) is 35.4 Å². The summed E-state index contributed by atoms with van der Waals surface area (Å²) in [5.41, 5.74) is 2.02. The van der Waals surface area contributed by atoms with E-state index in [4.69, 9.17) is 4.74 Å². The number of carbonyl (C=O) groups is 1. The van der Waals surface area contributed by atoms with E-state index in [1.165, 1.54) is 13.2 Å². The summed E-state index contributed by atoms with van der Waals surface area (Å²) >= 11 is 0. The predicted octanol–water partition coefficient (Wildman–Crippen LogP) is 2.19. The minimum Gasteiger partial charge on any atom is -0.497 e. The molecular formula is C12H14O3. The van der Waals surface area contributed by atoms with Gasteiger partial charge >= 0.3 is 5.97 Å². The fourth-order valence-electron chi connectivity index (χ4n) is 1.19. The Labute approximate surface area is 89.3 Å². The number of esters is 1. The van der Waals surface area contributed by atoms with E-state index in [0.717, 1.165) is 16.9 Å². The normalized spacial score (nSPS) is 10.3. The van der Waals surface area contributed by atoms with Crippen molar-refractivity contribution in [3.8, 4) is 5.75 Å². The zero-order valence-electron chi connectivity index (χ0n) is 9.11. The summed E-state index contributed by atoms with van der Waals surface area (Å²) in [7, 11) is 2.98. The summed E-state index contributed by atoms with van der Waals surface area (Å²) in [4.78, 5) is 10.9. The molecule has 0 spiro atoms. The summed E-state index contributed by atoms with van der Waals surface area (Å²) in [5, 5.41) is 0. The van der Waals surface area contributed by atoms with Crippen LogP contribution in [-0.4, -0.2) is 20.2 Å². The Hall–Kier alpha value is -1.77. The third-order valence-electron chi connectivity index (χ3n) is 2.08. The first kappa shape index (κ1) is 11.3. The minimum absolute atomic E-state index is 0.356. The molecule has 0 aliphatic carbocycles. The summed E-state index contributed by atoms with van der Waals surface area (Å²) < 4.78 is 9.59. The van der Waals surface area contributed by atoms with E-state index in [1.54, 1.807) is 13.2 Å². The number of aryl methyl sites for hydroxylation is 1. The summed E-state index contributed by atoms with van der Waals surface area (Å²) in [6.45, 7) is 1.96. The molecule has 0 aliphatic rings. The van der Waals surface area contributed by atoms with E-state index in [2.05, 4.69) is 4.74 Å². The average molecular weight is 206 g/mol. The first-order valence-corrected chi connectivity index (χ1v) is 4.58. The molecule has 0 radical (unpaired) electrons. The summed E-state index contributed by atoms with van der Waals surface area (Å²) in [6.07, 6.45) is 3.12. The lowest BCUT2D eigenvalue weighted by atomic mass is 10.1. The molecule has 0 aliphatic heterocycles. The molecule has 1 aromatic rings. The van der Waals surface area contributed by atoms with Crippen LogP contribution in [0.5, 0.6) is 5.75 Å². The molecule has 0 N–H and O–H groups in total. The van der Waals surface area contributed by atoms with Crippen LogP contribution in [0.1, 0.15) is 11.1 Å². The standard InChI is InChI=1S/C12H14O3/c1-9-8-11(14-2)6-4-10(9)5-7-12(13)15-3/h4-8H,1-3H3. The lowest BCUT2D eigenvalue weighted by Gasteiger charge is -2.03. The van der Waals surface area contributed by atoms with Gasteiger partial charge in [0, 0.05) is 6.08 Å². The molecule has 0 heterocycles.